The van der Waals surface area contributed by atoms with Crippen molar-refractivity contribution < 1.29 is 17.2 Å². The van der Waals surface area contributed by atoms with Gasteiger partial charge in [-0.2, -0.15) is 5.26 Å². The van der Waals surface area contributed by atoms with Crippen LogP contribution in [0.5, 0.6) is 0 Å². The fourth-order valence-corrected chi connectivity index (χ4v) is 4.26. The molecule has 0 aliphatic carbocycles. The number of hydrogen-bond donors (Lipinski definition) is 0. The molecule has 3 rings (SSSR count). The van der Waals surface area contributed by atoms with E-state index in [0.29, 0.717) is 30.6 Å². The summed E-state index contributed by atoms with van der Waals surface area (Å²) in [4.78, 5) is 1.38. The lowest BCUT2D eigenvalue weighted by atomic mass is 10.00. The first-order valence-corrected chi connectivity index (χ1v) is 9.69. The maximum absolute atomic E-state index is 14.4. The van der Waals surface area contributed by atoms with Gasteiger partial charge in [0.2, 0.25) is 0 Å². The number of nitriles is 1. The Morgan fingerprint density at radius 3 is 2.64 bits per heavy atom. The van der Waals surface area contributed by atoms with E-state index < -0.39 is 21.5 Å². The van der Waals surface area contributed by atoms with Crippen LogP contribution < -0.4 is 4.90 Å². The van der Waals surface area contributed by atoms with E-state index >= 15 is 0 Å². The number of hydrogen-bond acceptors (Lipinski definition) is 4. The molecule has 0 saturated heterocycles. The maximum atomic E-state index is 14.4. The van der Waals surface area contributed by atoms with Crippen molar-refractivity contribution in [3.8, 4) is 6.07 Å². The molecule has 4 nitrogen and oxygen atoms in total. The van der Waals surface area contributed by atoms with Crippen molar-refractivity contribution in [2.75, 3.05) is 17.7 Å². The predicted molar refractivity (Wildman–Crippen MR) is 91.0 cm³/mol. The summed E-state index contributed by atoms with van der Waals surface area (Å²) in [5.41, 5.74) is 0.837. The molecule has 0 spiro atoms. The second kappa shape index (κ2) is 6.28. The summed E-state index contributed by atoms with van der Waals surface area (Å²) < 4.78 is 51.5. The third kappa shape index (κ3) is 3.08. The van der Waals surface area contributed by atoms with E-state index in [1.54, 1.807) is 11.0 Å². The molecule has 0 atom stereocenters. The number of aryl methyl sites for hydroxylation is 1. The van der Waals surface area contributed by atoms with Gasteiger partial charge in [0.25, 0.3) is 0 Å². The van der Waals surface area contributed by atoms with E-state index in [0.717, 1.165) is 12.3 Å². The second-order valence-electron chi connectivity index (χ2n) is 5.81. The van der Waals surface area contributed by atoms with Crippen LogP contribution >= 0.6 is 11.6 Å². The molecule has 0 radical (unpaired) electrons. The van der Waals surface area contributed by atoms with Gasteiger partial charge in [0.15, 0.2) is 9.84 Å². The van der Waals surface area contributed by atoms with Gasteiger partial charge in [-0.15, -0.1) is 0 Å². The van der Waals surface area contributed by atoms with Gasteiger partial charge in [-0.05, 0) is 36.6 Å². The van der Waals surface area contributed by atoms with Crippen molar-refractivity contribution in [1.82, 2.24) is 0 Å². The van der Waals surface area contributed by atoms with Crippen LogP contribution in [-0.2, 0) is 16.3 Å². The molecule has 0 saturated carbocycles. The highest BCUT2D eigenvalue weighted by molar-refractivity contribution is 7.90. The van der Waals surface area contributed by atoms with Gasteiger partial charge < -0.3 is 4.90 Å². The molecule has 25 heavy (non-hydrogen) atoms. The van der Waals surface area contributed by atoms with Crippen LogP contribution in [0.2, 0.25) is 5.02 Å². The second-order valence-corrected chi connectivity index (χ2v) is 8.17. The number of sulfone groups is 1. The summed E-state index contributed by atoms with van der Waals surface area (Å²) in [5, 5.41) is 9.26. The molecule has 1 aliphatic heterocycles. The Balaban J connectivity index is 2.23. The van der Waals surface area contributed by atoms with Crippen molar-refractivity contribution in [3.63, 3.8) is 0 Å². The summed E-state index contributed by atoms with van der Waals surface area (Å²) in [7, 11) is -3.64. The fourth-order valence-electron chi connectivity index (χ4n) is 3.06. The Labute approximate surface area is 149 Å². The minimum Gasteiger partial charge on any atom is -0.338 e. The Morgan fingerprint density at radius 2 is 2.00 bits per heavy atom. The first-order valence-electron chi connectivity index (χ1n) is 7.42. The lowest BCUT2D eigenvalue weighted by molar-refractivity contribution is 0.571. The highest BCUT2D eigenvalue weighted by Gasteiger charge is 2.27. The Bertz CT molecular complexity index is 1020. The minimum absolute atomic E-state index is 0.0676. The van der Waals surface area contributed by atoms with Crippen LogP contribution in [0.3, 0.4) is 0 Å². The van der Waals surface area contributed by atoms with E-state index in [4.69, 9.17) is 11.6 Å². The summed E-state index contributed by atoms with van der Waals surface area (Å²) in [6, 6.07) is 6.60. The van der Waals surface area contributed by atoms with Gasteiger partial charge in [0.05, 0.1) is 26.9 Å². The highest BCUT2D eigenvalue weighted by Crippen LogP contribution is 2.41. The van der Waals surface area contributed by atoms with Crippen LogP contribution in [0.4, 0.5) is 20.2 Å². The molecule has 8 heteroatoms. The zero-order chi connectivity index (χ0) is 18.4. The first-order chi connectivity index (χ1) is 11.7. The zero-order valence-electron chi connectivity index (χ0n) is 13.2. The van der Waals surface area contributed by atoms with Crippen molar-refractivity contribution in [2.24, 2.45) is 0 Å². The van der Waals surface area contributed by atoms with Gasteiger partial charge in [0, 0.05) is 18.9 Å². The SMILES string of the molecule is CS(=O)(=O)c1ccc(N2CCCc3cc(F)cc(F)c32)c(Cl)c1C#N. The van der Waals surface area contributed by atoms with E-state index in [-0.39, 0.29) is 21.2 Å². The molecule has 0 bridgehead atoms. The third-order valence-electron chi connectivity index (χ3n) is 4.09. The molecule has 130 valence electrons. The van der Waals surface area contributed by atoms with E-state index in [2.05, 4.69) is 0 Å². The van der Waals surface area contributed by atoms with Gasteiger partial charge >= 0.3 is 0 Å². The Kier molecular flexibility index (Phi) is 4.43. The number of benzene rings is 2. The smallest absolute Gasteiger partial charge is 0.176 e. The Hall–Kier alpha value is -2.17. The lowest BCUT2D eigenvalue weighted by Crippen LogP contribution is -2.26. The molecular weight excluding hydrogens is 370 g/mol. The van der Waals surface area contributed by atoms with E-state index in [1.165, 1.54) is 18.2 Å². The molecule has 0 aromatic heterocycles. The fraction of sp³-hybridized carbons (Fsp3) is 0.235. The molecule has 1 aliphatic rings. The molecule has 2 aromatic carbocycles. The number of nitrogens with zero attached hydrogens (tertiary/aromatic N) is 2. The average Bonchev–Trinajstić information content (AvgIpc) is 2.52. The molecule has 2 aromatic rings. The number of rotatable bonds is 2. The lowest BCUT2D eigenvalue weighted by Gasteiger charge is -2.32. The topological polar surface area (TPSA) is 61.2 Å². The van der Waals surface area contributed by atoms with Crippen LogP contribution in [0.25, 0.3) is 0 Å². The van der Waals surface area contributed by atoms with Crippen molar-refractivity contribution in [1.29, 1.82) is 5.26 Å². The monoisotopic (exact) mass is 382 g/mol. The number of fused-ring (bicyclic) bond motifs is 1. The molecular formula is C17H13ClF2N2O2S. The largest absolute Gasteiger partial charge is 0.338 e. The molecule has 0 fully saturated rings. The minimum atomic E-state index is -3.64. The van der Waals surface area contributed by atoms with Gasteiger partial charge in [-0.1, -0.05) is 11.6 Å². The molecule has 0 amide bonds. The standard InChI is InChI=1S/C17H13ClF2N2O2S/c1-25(23,24)15-5-4-14(16(18)12(15)9-21)22-6-2-3-10-7-11(19)8-13(20)17(10)22/h4-5,7-8H,2-3,6H2,1H3. The summed E-state index contributed by atoms with van der Waals surface area (Å²) >= 11 is 6.28. The third-order valence-corrected chi connectivity index (χ3v) is 5.61. The zero-order valence-corrected chi connectivity index (χ0v) is 14.8. The molecule has 0 unspecified atom stereocenters. The van der Waals surface area contributed by atoms with E-state index in [1.807, 2.05) is 0 Å². The summed E-state index contributed by atoms with van der Waals surface area (Å²) in [6.07, 6.45) is 2.14. The van der Waals surface area contributed by atoms with Gasteiger partial charge in [0.1, 0.15) is 17.7 Å². The summed E-state index contributed by atoms with van der Waals surface area (Å²) in [6.45, 7) is 0.415. The van der Waals surface area contributed by atoms with Gasteiger partial charge in [-0.25, -0.2) is 17.2 Å². The predicted octanol–water partition coefficient (Wildman–Crippen LogP) is 3.98. The maximum Gasteiger partial charge on any atom is 0.176 e. The normalized spacial score (nSPS) is 14.1. The van der Waals surface area contributed by atoms with Crippen molar-refractivity contribution in [3.05, 3.63) is 52.0 Å². The van der Waals surface area contributed by atoms with Crippen molar-refractivity contribution in [2.45, 2.75) is 17.7 Å². The quantitative estimate of drug-likeness (QED) is 0.788. The molecule has 1 heterocycles. The molecule has 0 N–H and O–H groups in total. The number of halogens is 3. The highest BCUT2D eigenvalue weighted by atomic mass is 35.5. The average molecular weight is 383 g/mol. The summed E-state index contributed by atoms with van der Waals surface area (Å²) in [5.74, 6) is -1.38. The Morgan fingerprint density at radius 1 is 1.28 bits per heavy atom. The van der Waals surface area contributed by atoms with Crippen LogP contribution in [-0.4, -0.2) is 21.2 Å². The number of anilines is 2. The van der Waals surface area contributed by atoms with E-state index in [9.17, 15) is 22.5 Å². The van der Waals surface area contributed by atoms with Crippen LogP contribution in [0.15, 0.2) is 29.2 Å². The van der Waals surface area contributed by atoms with Crippen LogP contribution in [0, 0.1) is 23.0 Å². The van der Waals surface area contributed by atoms with Crippen molar-refractivity contribution >= 4 is 32.8 Å². The van der Waals surface area contributed by atoms with Crippen LogP contribution in [0.1, 0.15) is 17.5 Å². The van der Waals surface area contributed by atoms with Gasteiger partial charge in [-0.3, -0.25) is 0 Å². The first kappa shape index (κ1) is 17.6.